The normalized spacial score (nSPS) is 13.9. The Bertz CT molecular complexity index is 503. The summed E-state index contributed by atoms with van der Waals surface area (Å²) in [6.07, 6.45) is 2.47. The summed E-state index contributed by atoms with van der Waals surface area (Å²) >= 11 is 4.82. The average molecular weight is 281 g/mol. The van der Waals surface area contributed by atoms with E-state index >= 15 is 0 Å². The number of hydrogen-bond donors (Lipinski definition) is 3. The molecule has 0 heterocycles. The number of nitrogens with two attached hydrogens (primary N) is 1. The SMILES string of the molecule is NC(=S)c1c(F)cccc1NCCC(=O)NC1CC1. The van der Waals surface area contributed by atoms with Gasteiger partial charge in [-0.05, 0) is 25.0 Å². The summed E-state index contributed by atoms with van der Waals surface area (Å²) < 4.78 is 13.6. The third-order valence-corrected chi connectivity index (χ3v) is 3.07. The van der Waals surface area contributed by atoms with Crippen molar-refractivity contribution in [3.05, 3.63) is 29.6 Å². The molecular formula is C13H16FN3OS. The zero-order chi connectivity index (χ0) is 13.8. The fourth-order valence-corrected chi connectivity index (χ4v) is 1.97. The highest BCUT2D eigenvalue weighted by Crippen LogP contribution is 2.20. The molecule has 0 aliphatic heterocycles. The first-order valence-corrected chi connectivity index (χ1v) is 6.60. The molecule has 4 nitrogen and oxygen atoms in total. The number of benzene rings is 1. The number of rotatable bonds is 6. The van der Waals surface area contributed by atoms with Gasteiger partial charge in [0.05, 0.1) is 5.56 Å². The van der Waals surface area contributed by atoms with E-state index in [9.17, 15) is 9.18 Å². The van der Waals surface area contributed by atoms with Crippen molar-refractivity contribution in [1.29, 1.82) is 0 Å². The Kier molecular flexibility index (Phi) is 4.31. The summed E-state index contributed by atoms with van der Waals surface area (Å²) in [5.41, 5.74) is 6.21. The molecular weight excluding hydrogens is 265 g/mol. The minimum absolute atomic E-state index is 0.00281. The van der Waals surface area contributed by atoms with Crippen LogP contribution in [-0.2, 0) is 4.79 Å². The monoisotopic (exact) mass is 281 g/mol. The van der Waals surface area contributed by atoms with Crippen LogP contribution in [0.5, 0.6) is 0 Å². The molecule has 102 valence electrons. The second kappa shape index (κ2) is 5.97. The molecule has 1 aliphatic rings. The highest BCUT2D eigenvalue weighted by molar-refractivity contribution is 7.80. The van der Waals surface area contributed by atoms with E-state index in [4.69, 9.17) is 18.0 Å². The van der Waals surface area contributed by atoms with Crippen LogP contribution in [0, 0.1) is 5.82 Å². The lowest BCUT2D eigenvalue weighted by atomic mass is 10.1. The van der Waals surface area contributed by atoms with Crippen molar-refractivity contribution in [2.45, 2.75) is 25.3 Å². The zero-order valence-corrected chi connectivity index (χ0v) is 11.2. The second-order valence-corrected chi connectivity index (χ2v) is 4.99. The summed E-state index contributed by atoms with van der Waals surface area (Å²) in [6.45, 7) is 0.414. The van der Waals surface area contributed by atoms with Gasteiger partial charge in [0.15, 0.2) is 0 Å². The van der Waals surface area contributed by atoms with Gasteiger partial charge in [-0.25, -0.2) is 4.39 Å². The average Bonchev–Trinajstić information content (AvgIpc) is 3.12. The first-order chi connectivity index (χ1) is 9.08. The molecule has 0 spiro atoms. The summed E-state index contributed by atoms with van der Waals surface area (Å²) in [5, 5.41) is 5.88. The zero-order valence-electron chi connectivity index (χ0n) is 10.4. The van der Waals surface area contributed by atoms with Crippen molar-refractivity contribution in [3.63, 3.8) is 0 Å². The number of amides is 1. The number of anilines is 1. The van der Waals surface area contributed by atoms with Crippen LogP contribution in [0.2, 0.25) is 0 Å². The molecule has 4 N–H and O–H groups in total. The molecule has 2 rings (SSSR count). The van der Waals surface area contributed by atoms with E-state index in [1.807, 2.05) is 0 Å². The van der Waals surface area contributed by atoms with Crippen LogP contribution in [0.25, 0.3) is 0 Å². The van der Waals surface area contributed by atoms with Gasteiger partial charge in [0.1, 0.15) is 10.8 Å². The van der Waals surface area contributed by atoms with Gasteiger partial charge in [0.25, 0.3) is 0 Å². The number of nitrogens with one attached hydrogen (secondary N) is 2. The first kappa shape index (κ1) is 13.7. The van der Waals surface area contributed by atoms with Gasteiger partial charge in [0.2, 0.25) is 5.91 Å². The molecule has 1 amide bonds. The minimum Gasteiger partial charge on any atom is -0.389 e. The van der Waals surface area contributed by atoms with E-state index in [-0.39, 0.29) is 16.5 Å². The van der Waals surface area contributed by atoms with Gasteiger partial charge in [-0.15, -0.1) is 0 Å². The van der Waals surface area contributed by atoms with Crippen LogP contribution in [0.4, 0.5) is 10.1 Å². The Balaban J connectivity index is 1.89. The lowest BCUT2D eigenvalue weighted by Gasteiger charge is -2.11. The molecule has 0 saturated heterocycles. The van der Waals surface area contributed by atoms with Gasteiger partial charge in [-0.3, -0.25) is 4.79 Å². The smallest absolute Gasteiger partial charge is 0.221 e. The standard InChI is InChI=1S/C13H16FN3OS/c14-9-2-1-3-10(12(9)13(15)19)16-7-6-11(18)17-8-4-5-8/h1-3,8,16H,4-7H2,(H2,15,19)(H,17,18). The maximum absolute atomic E-state index is 13.6. The van der Waals surface area contributed by atoms with Crippen LogP contribution < -0.4 is 16.4 Å². The molecule has 1 saturated carbocycles. The highest BCUT2D eigenvalue weighted by Gasteiger charge is 2.22. The molecule has 19 heavy (non-hydrogen) atoms. The summed E-state index contributed by atoms with van der Waals surface area (Å²) in [7, 11) is 0. The Hall–Kier alpha value is -1.69. The molecule has 1 aromatic carbocycles. The Morgan fingerprint density at radius 1 is 1.47 bits per heavy atom. The number of carbonyl (C=O) groups excluding carboxylic acids is 1. The summed E-state index contributed by atoms with van der Waals surface area (Å²) in [4.78, 5) is 11.5. The summed E-state index contributed by atoms with van der Waals surface area (Å²) in [5.74, 6) is -0.455. The van der Waals surface area contributed by atoms with E-state index in [0.717, 1.165) is 12.8 Å². The quantitative estimate of drug-likeness (QED) is 0.692. The lowest BCUT2D eigenvalue weighted by Crippen LogP contribution is -2.27. The number of thiocarbonyl (C=S) groups is 1. The van der Waals surface area contributed by atoms with E-state index < -0.39 is 5.82 Å². The van der Waals surface area contributed by atoms with Gasteiger partial charge in [-0.1, -0.05) is 18.3 Å². The van der Waals surface area contributed by atoms with Crippen molar-refractivity contribution in [2.75, 3.05) is 11.9 Å². The van der Waals surface area contributed by atoms with Gasteiger partial charge in [-0.2, -0.15) is 0 Å². The predicted octanol–water partition coefficient (Wildman–Crippen LogP) is 1.54. The number of halogens is 1. The Morgan fingerprint density at radius 3 is 2.84 bits per heavy atom. The fourth-order valence-electron chi connectivity index (χ4n) is 1.76. The molecule has 1 fully saturated rings. The molecule has 0 aromatic heterocycles. The van der Waals surface area contributed by atoms with E-state index in [1.54, 1.807) is 12.1 Å². The summed E-state index contributed by atoms with van der Waals surface area (Å²) in [6, 6.07) is 4.92. The molecule has 0 radical (unpaired) electrons. The number of carbonyl (C=O) groups is 1. The van der Waals surface area contributed by atoms with E-state index in [2.05, 4.69) is 10.6 Å². The van der Waals surface area contributed by atoms with Crippen LogP contribution in [0.15, 0.2) is 18.2 Å². The van der Waals surface area contributed by atoms with Gasteiger partial charge < -0.3 is 16.4 Å². The van der Waals surface area contributed by atoms with Gasteiger partial charge >= 0.3 is 0 Å². The minimum atomic E-state index is -0.458. The third-order valence-electron chi connectivity index (χ3n) is 2.87. The predicted molar refractivity (Wildman–Crippen MR) is 76.6 cm³/mol. The highest BCUT2D eigenvalue weighted by atomic mass is 32.1. The fraction of sp³-hybridized carbons (Fsp3) is 0.385. The van der Waals surface area contributed by atoms with Crippen molar-refractivity contribution in [2.24, 2.45) is 5.73 Å². The van der Waals surface area contributed by atoms with Crippen LogP contribution >= 0.6 is 12.2 Å². The molecule has 6 heteroatoms. The largest absolute Gasteiger partial charge is 0.389 e. The topological polar surface area (TPSA) is 67.1 Å². The van der Waals surface area contributed by atoms with Crippen molar-refractivity contribution < 1.29 is 9.18 Å². The molecule has 0 unspecified atom stereocenters. The van der Waals surface area contributed by atoms with E-state index in [0.29, 0.717) is 24.7 Å². The van der Waals surface area contributed by atoms with Crippen molar-refractivity contribution >= 4 is 28.8 Å². The van der Waals surface area contributed by atoms with E-state index in [1.165, 1.54) is 6.07 Å². The van der Waals surface area contributed by atoms with Crippen LogP contribution in [-0.4, -0.2) is 23.5 Å². The first-order valence-electron chi connectivity index (χ1n) is 6.19. The maximum atomic E-state index is 13.6. The van der Waals surface area contributed by atoms with Crippen LogP contribution in [0.3, 0.4) is 0 Å². The maximum Gasteiger partial charge on any atom is 0.221 e. The van der Waals surface area contributed by atoms with Crippen molar-refractivity contribution in [1.82, 2.24) is 5.32 Å². The molecule has 1 aromatic rings. The van der Waals surface area contributed by atoms with Gasteiger partial charge in [0, 0.05) is 24.7 Å². The third kappa shape index (κ3) is 3.89. The molecule has 1 aliphatic carbocycles. The Labute approximate surface area is 116 Å². The lowest BCUT2D eigenvalue weighted by molar-refractivity contribution is -0.120. The second-order valence-electron chi connectivity index (χ2n) is 4.55. The van der Waals surface area contributed by atoms with Crippen molar-refractivity contribution in [3.8, 4) is 0 Å². The number of hydrogen-bond acceptors (Lipinski definition) is 3. The Morgan fingerprint density at radius 2 is 2.21 bits per heavy atom. The molecule has 0 atom stereocenters. The van der Waals surface area contributed by atoms with Crippen LogP contribution in [0.1, 0.15) is 24.8 Å². The molecule has 0 bridgehead atoms.